The fraction of sp³-hybridized carbons (Fsp3) is 0.0476. The third-order valence-electron chi connectivity index (χ3n) is 4.21. The van der Waals surface area contributed by atoms with Crippen molar-refractivity contribution in [2.24, 2.45) is 0 Å². The Morgan fingerprint density at radius 3 is 2.44 bits per heavy atom. The van der Waals surface area contributed by atoms with Crippen molar-refractivity contribution in [3.8, 4) is 17.1 Å². The third kappa shape index (κ3) is 3.64. The molecule has 0 fully saturated rings. The number of aromatic hydroxyl groups is 1. The fourth-order valence-corrected chi connectivity index (χ4v) is 3.07. The number of carbonyl (C=O) groups excluding carboxylic acids is 1. The van der Waals surface area contributed by atoms with Gasteiger partial charge in [-0.15, -0.1) is 0 Å². The lowest BCUT2D eigenvalue weighted by Crippen LogP contribution is -2.19. The van der Waals surface area contributed by atoms with E-state index in [0.29, 0.717) is 16.5 Å². The Hall–Kier alpha value is -3.31. The van der Waals surface area contributed by atoms with Crippen LogP contribution in [0.2, 0.25) is 5.02 Å². The van der Waals surface area contributed by atoms with Crippen LogP contribution in [0, 0.1) is 0 Å². The summed E-state index contributed by atoms with van der Waals surface area (Å²) in [4.78, 5) is 17.3. The van der Waals surface area contributed by atoms with Gasteiger partial charge in [-0.3, -0.25) is 4.79 Å². The molecule has 2 N–H and O–H groups in total. The van der Waals surface area contributed by atoms with Crippen LogP contribution in [0.15, 0.2) is 72.8 Å². The third-order valence-corrected chi connectivity index (χ3v) is 4.46. The maximum atomic E-state index is 12.6. The standard InChI is InChI=1S/C21H16ClN3O2/c22-15-7-9-16(10-8-15)23-20(27)13-25-19-4-2-1-3-18(19)24-21(25)14-5-11-17(26)12-6-14/h1-12,26H,13H2,(H,23,27). The number of carbonyl (C=O) groups is 1. The maximum absolute atomic E-state index is 12.6. The molecule has 0 radical (unpaired) electrons. The van der Waals surface area contributed by atoms with Gasteiger partial charge in [0.05, 0.1) is 11.0 Å². The number of imidazole rings is 1. The second-order valence-corrected chi connectivity index (χ2v) is 6.55. The molecule has 0 aliphatic heterocycles. The highest BCUT2D eigenvalue weighted by Crippen LogP contribution is 2.26. The molecule has 134 valence electrons. The number of para-hydroxylation sites is 2. The van der Waals surface area contributed by atoms with Gasteiger partial charge in [-0.05, 0) is 60.7 Å². The van der Waals surface area contributed by atoms with Gasteiger partial charge >= 0.3 is 0 Å². The van der Waals surface area contributed by atoms with Crippen molar-refractivity contribution in [3.63, 3.8) is 0 Å². The van der Waals surface area contributed by atoms with Crippen LogP contribution in [-0.2, 0) is 11.3 Å². The van der Waals surface area contributed by atoms with Crippen molar-refractivity contribution in [2.45, 2.75) is 6.54 Å². The molecule has 0 bridgehead atoms. The molecule has 0 spiro atoms. The van der Waals surface area contributed by atoms with E-state index in [4.69, 9.17) is 11.6 Å². The number of amides is 1. The van der Waals surface area contributed by atoms with E-state index in [9.17, 15) is 9.90 Å². The first-order chi connectivity index (χ1) is 13.1. The number of hydrogen-bond donors (Lipinski definition) is 2. The summed E-state index contributed by atoms with van der Waals surface area (Å²) in [7, 11) is 0. The molecule has 1 heterocycles. The number of fused-ring (bicyclic) bond motifs is 1. The van der Waals surface area contributed by atoms with Gasteiger partial charge in [-0.2, -0.15) is 0 Å². The van der Waals surface area contributed by atoms with Gasteiger partial charge in [0.1, 0.15) is 18.1 Å². The molecule has 0 unspecified atom stereocenters. The molecule has 0 atom stereocenters. The molecule has 4 rings (SSSR count). The van der Waals surface area contributed by atoms with Crippen molar-refractivity contribution < 1.29 is 9.90 Å². The van der Waals surface area contributed by atoms with E-state index >= 15 is 0 Å². The number of halogens is 1. The molecule has 4 aromatic rings. The molecule has 3 aromatic carbocycles. The highest BCUT2D eigenvalue weighted by molar-refractivity contribution is 6.30. The summed E-state index contributed by atoms with van der Waals surface area (Å²) < 4.78 is 1.87. The smallest absolute Gasteiger partial charge is 0.244 e. The van der Waals surface area contributed by atoms with E-state index in [1.807, 2.05) is 28.8 Å². The quantitative estimate of drug-likeness (QED) is 0.541. The van der Waals surface area contributed by atoms with E-state index in [-0.39, 0.29) is 18.2 Å². The minimum absolute atomic E-state index is 0.110. The van der Waals surface area contributed by atoms with Gasteiger partial charge in [-0.1, -0.05) is 23.7 Å². The van der Waals surface area contributed by atoms with Crippen molar-refractivity contribution in [2.75, 3.05) is 5.32 Å². The number of phenolic OH excluding ortho intramolecular Hbond substituents is 1. The number of benzene rings is 3. The first kappa shape index (κ1) is 17.1. The number of rotatable bonds is 4. The second-order valence-electron chi connectivity index (χ2n) is 6.11. The SMILES string of the molecule is O=C(Cn1c(-c2ccc(O)cc2)nc2ccccc21)Nc1ccc(Cl)cc1. The zero-order valence-corrected chi connectivity index (χ0v) is 15.0. The van der Waals surface area contributed by atoms with Gasteiger partial charge < -0.3 is 15.0 Å². The van der Waals surface area contributed by atoms with Gasteiger partial charge in [0.2, 0.25) is 5.91 Å². The lowest BCUT2D eigenvalue weighted by molar-refractivity contribution is -0.116. The van der Waals surface area contributed by atoms with Crippen LogP contribution in [0.25, 0.3) is 22.4 Å². The molecule has 0 aliphatic carbocycles. The molecule has 0 saturated carbocycles. The summed E-state index contributed by atoms with van der Waals surface area (Å²) in [5.41, 5.74) is 3.18. The molecule has 1 aromatic heterocycles. The van der Waals surface area contributed by atoms with Crippen LogP contribution in [0.1, 0.15) is 0 Å². The summed E-state index contributed by atoms with van der Waals surface area (Å²) >= 11 is 5.89. The summed E-state index contributed by atoms with van der Waals surface area (Å²) in [6.07, 6.45) is 0. The molecule has 0 saturated heterocycles. The molecule has 5 nitrogen and oxygen atoms in total. The van der Waals surface area contributed by atoms with E-state index < -0.39 is 0 Å². The van der Waals surface area contributed by atoms with Crippen LogP contribution in [0.5, 0.6) is 5.75 Å². The average molecular weight is 378 g/mol. The largest absolute Gasteiger partial charge is 0.508 e. The first-order valence-electron chi connectivity index (χ1n) is 8.40. The van der Waals surface area contributed by atoms with Crippen LogP contribution < -0.4 is 5.32 Å². The maximum Gasteiger partial charge on any atom is 0.244 e. The monoisotopic (exact) mass is 377 g/mol. The van der Waals surface area contributed by atoms with Crippen LogP contribution in [0.4, 0.5) is 5.69 Å². The van der Waals surface area contributed by atoms with E-state index in [1.165, 1.54) is 0 Å². The number of hydrogen-bond acceptors (Lipinski definition) is 3. The van der Waals surface area contributed by atoms with Gasteiger partial charge in [-0.25, -0.2) is 4.98 Å². The number of anilines is 1. The summed E-state index contributed by atoms with van der Waals surface area (Å²) in [5, 5.41) is 13.0. The van der Waals surface area contributed by atoms with Gasteiger partial charge in [0.25, 0.3) is 0 Å². The lowest BCUT2D eigenvalue weighted by Gasteiger charge is -2.10. The number of nitrogens with one attached hydrogen (secondary N) is 1. The van der Waals surface area contributed by atoms with E-state index in [2.05, 4.69) is 10.3 Å². The zero-order valence-electron chi connectivity index (χ0n) is 14.3. The molecular weight excluding hydrogens is 362 g/mol. The zero-order chi connectivity index (χ0) is 18.8. The summed E-state index contributed by atoms with van der Waals surface area (Å²) in [6.45, 7) is 0.110. The summed E-state index contributed by atoms with van der Waals surface area (Å²) in [5.74, 6) is 0.685. The van der Waals surface area contributed by atoms with Crippen LogP contribution >= 0.6 is 11.6 Å². The summed E-state index contributed by atoms with van der Waals surface area (Å²) in [6, 6.07) is 21.4. The number of nitrogens with zero attached hydrogens (tertiary/aromatic N) is 2. The van der Waals surface area contributed by atoms with Crippen molar-refractivity contribution >= 4 is 34.2 Å². The van der Waals surface area contributed by atoms with E-state index in [1.54, 1.807) is 48.5 Å². The number of phenols is 1. The Morgan fingerprint density at radius 1 is 1.00 bits per heavy atom. The van der Waals surface area contributed by atoms with Gasteiger partial charge in [0, 0.05) is 16.3 Å². The van der Waals surface area contributed by atoms with Crippen LogP contribution in [-0.4, -0.2) is 20.6 Å². The van der Waals surface area contributed by atoms with Crippen molar-refractivity contribution in [1.29, 1.82) is 0 Å². The Kier molecular flexibility index (Phi) is 4.52. The predicted molar refractivity (Wildman–Crippen MR) is 107 cm³/mol. The second kappa shape index (κ2) is 7.13. The molecule has 1 amide bonds. The Balaban J connectivity index is 1.69. The van der Waals surface area contributed by atoms with Crippen LogP contribution in [0.3, 0.4) is 0 Å². The average Bonchev–Trinajstić information content (AvgIpc) is 3.03. The normalized spacial score (nSPS) is 10.9. The molecular formula is C21H16ClN3O2. The topological polar surface area (TPSA) is 67.2 Å². The molecule has 27 heavy (non-hydrogen) atoms. The lowest BCUT2D eigenvalue weighted by atomic mass is 10.2. The molecule has 0 aliphatic rings. The molecule has 6 heteroatoms. The Labute approximate surface area is 160 Å². The minimum atomic E-state index is -0.166. The highest BCUT2D eigenvalue weighted by atomic mass is 35.5. The first-order valence-corrected chi connectivity index (χ1v) is 8.78. The fourth-order valence-electron chi connectivity index (χ4n) is 2.94. The highest BCUT2D eigenvalue weighted by Gasteiger charge is 2.15. The van der Waals surface area contributed by atoms with E-state index in [0.717, 1.165) is 16.6 Å². The minimum Gasteiger partial charge on any atom is -0.508 e. The Bertz CT molecular complexity index is 1100. The Morgan fingerprint density at radius 2 is 1.70 bits per heavy atom. The van der Waals surface area contributed by atoms with Crippen molar-refractivity contribution in [3.05, 3.63) is 77.8 Å². The van der Waals surface area contributed by atoms with Gasteiger partial charge in [0.15, 0.2) is 0 Å². The number of aromatic nitrogens is 2. The van der Waals surface area contributed by atoms with Crippen molar-refractivity contribution in [1.82, 2.24) is 9.55 Å². The predicted octanol–water partition coefficient (Wildman–Crippen LogP) is 4.70.